The standard InChI is InChI=1S/C25H22N4O3S/c30-25(26-24-14-16-29(27-24)22-10-2-1-3-11-22)20-9-6-12-23(17-20)33(31,32)28-15-13-19-7-4-5-8-21(19)18-28/h1-12,14,16-17H,13,15,18H2,(H,26,27,30). The van der Waals surface area contributed by atoms with Crippen molar-refractivity contribution in [1.82, 2.24) is 14.1 Å². The molecule has 1 N–H and O–H groups in total. The molecule has 8 heteroatoms. The number of nitrogens with zero attached hydrogens (tertiary/aromatic N) is 3. The fourth-order valence-corrected chi connectivity index (χ4v) is 5.39. The minimum absolute atomic E-state index is 0.101. The summed E-state index contributed by atoms with van der Waals surface area (Å²) in [7, 11) is -3.73. The third-order valence-corrected chi connectivity index (χ3v) is 7.52. The van der Waals surface area contributed by atoms with Crippen LogP contribution in [0.1, 0.15) is 21.5 Å². The van der Waals surface area contributed by atoms with E-state index in [1.807, 2.05) is 54.6 Å². The van der Waals surface area contributed by atoms with Crippen LogP contribution in [0.3, 0.4) is 0 Å². The summed E-state index contributed by atoms with van der Waals surface area (Å²) in [5.41, 5.74) is 3.30. The molecule has 0 fully saturated rings. The minimum Gasteiger partial charge on any atom is -0.305 e. The Labute approximate surface area is 192 Å². The highest BCUT2D eigenvalue weighted by Gasteiger charge is 2.28. The third-order valence-electron chi connectivity index (χ3n) is 5.68. The molecule has 0 bridgehead atoms. The van der Waals surface area contributed by atoms with Crippen LogP contribution >= 0.6 is 0 Å². The van der Waals surface area contributed by atoms with Gasteiger partial charge >= 0.3 is 0 Å². The molecule has 1 amide bonds. The maximum absolute atomic E-state index is 13.3. The molecule has 0 unspecified atom stereocenters. The minimum atomic E-state index is -3.73. The van der Waals surface area contributed by atoms with Crippen molar-refractivity contribution in [3.63, 3.8) is 0 Å². The Morgan fingerprint density at radius 3 is 2.45 bits per heavy atom. The van der Waals surface area contributed by atoms with Crippen LogP contribution in [0.4, 0.5) is 5.82 Å². The molecular weight excluding hydrogens is 436 g/mol. The first-order chi connectivity index (χ1) is 16.0. The molecule has 0 aliphatic carbocycles. The van der Waals surface area contributed by atoms with E-state index in [0.29, 0.717) is 25.3 Å². The Morgan fingerprint density at radius 2 is 1.64 bits per heavy atom. The van der Waals surface area contributed by atoms with Crippen molar-refractivity contribution < 1.29 is 13.2 Å². The van der Waals surface area contributed by atoms with E-state index in [1.165, 1.54) is 22.0 Å². The Hall–Kier alpha value is -3.75. The zero-order valence-corrected chi connectivity index (χ0v) is 18.6. The highest BCUT2D eigenvalue weighted by atomic mass is 32.2. The largest absolute Gasteiger partial charge is 0.305 e. The summed E-state index contributed by atoms with van der Waals surface area (Å²) in [6, 6.07) is 25.2. The van der Waals surface area contributed by atoms with E-state index in [-0.39, 0.29) is 10.5 Å². The van der Waals surface area contributed by atoms with Crippen molar-refractivity contribution in [2.75, 3.05) is 11.9 Å². The van der Waals surface area contributed by atoms with Gasteiger partial charge in [-0.1, -0.05) is 48.5 Å². The van der Waals surface area contributed by atoms with Gasteiger partial charge in [-0.2, -0.15) is 9.40 Å². The number of hydrogen-bond acceptors (Lipinski definition) is 4. The maximum Gasteiger partial charge on any atom is 0.256 e. The molecule has 5 rings (SSSR count). The molecule has 0 spiro atoms. The zero-order valence-electron chi connectivity index (χ0n) is 17.8. The molecular formula is C25H22N4O3S. The first-order valence-corrected chi connectivity index (χ1v) is 12.0. The van der Waals surface area contributed by atoms with Crippen LogP contribution < -0.4 is 5.32 Å². The summed E-state index contributed by atoms with van der Waals surface area (Å²) in [5, 5.41) is 7.11. The molecule has 0 atom stereocenters. The van der Waals surface area contributed by atoms with E-state index in [2.05, 4.69) is 10.4 Å². The van der Waals surface area contributed by atoms with Crippen molar-refractivity contribution in [2.24, 2.45) is 0 Å². The number of carbonyl (C=O) groups excluding carboxylic acids is 1. The highest BCUT2D eigenvalue weighted by molar-refractivity contribution is 7.89. The van der Waals surface area contributed by atoms with Crippen LogP contribution in [0, 0.1) is 0 Å². The molecule has 0 saturated carbocycles. The number of hydrogen-bond donors (Lipinski definition) is 1. The van der Waals surface area contributed by atoms with Gasteiger partial charge in [0, 0.05) is 30.9 Å². The summed E-state index contributed by atoms with van der Waals surface area (Å²) in [4.78, 5) is 12.9. The molecule has 4 aromatic rings. The monoisotopic (exact) mass is 458 g/mol. The average molecular weight is 459 g/mol. The number of benzene rings is 3. The average Bonchev–Trinajstić information content (AvgIpc) is 3.33. The van der Waals surface area contributed by atoms with Crippen LogP contribution in [-0.2, 0) is 23.0 Å². The van der Waals surface area contributed by atoms with Crippen molar-refractivity contribution in [3.05, 3.63) is 108 Å². The Kier molecular flexibility index (Phi) is 5.53. The molecule has 0 radical (unpaired) electrons. The SMILES string of the molecule is O=C(Nc1ccn(-c2ccccc2)n1)c1cccc(S(=O)(=O)N2CCc3ccccc3C2)c1. The quantitative estimate of drug-likeness (QED) is 0.492. The smallest absolute Gasteiger partial charge is 0.256 e. The van der Waals surface area contributed by atoms with E-state index < -0.39 is 15.9 Å². The normalized spacial score (nSPS) is 13.9. The second-order valence-corrected chi connectivity index (χ2v) is 9.76. The summed E-state index contributed by atoms with van der Waals surface area (Å²) >= 11 is 0. The van der Waals surface area contributed by atoms with E-state index >= 15 is 0 Å². The molecule has 1 aliphatic rings. The van der Waals surface area contributed by atoms with Gasteiger partial charge in [0.25, 0.3) is 5.91 Å². The lowest BCUT2D eigenvalue weighted by Crippen LogP contribution is -2.36. The molecule has 33 heavy (non-hydrogen) atoms. The summed E-state index contributed by atoms with van der Waals surface area (Å²) in [6.45, 7) is 0.735. The predicted octanol–water partition coefficient (Wildman–Crippen LogP) is 3.87. The number of amides is 1. The van der Waals surface area contributed by atoms with Gasteiger partial charge in [0.15, 0.2) is 5.82 Å². The number of carbonyl (C=O) groups is 1. The number of para-hydroxylation sites is 1. The fraction of sp³-hybridized carbons (Fsp3) is 0.120. The molecule has 7 nitrogen and oxygen atoms in total. The van der Waals surface area contributed by atoms with Gasteiger partial charge < -0.3 is 5.32 Å². The van der Waals surface area contributed by atoms with Gasteiger partial charge in [0.05, 0.1) is 10.6 Å². The Bertz CT molecular complexity index is 1410. The highest BCUT2D eigenvalue weighted by Crippen LogP contribution is 2.25. The molecule has 1 aromatic heterocycles. The second kappa shape index (κ2) is 8.65. The molecule has 2 heterocycles. The lowest BCUT2D eigenvalue weighted by molar-refractivity contribution is 0.102. The number of aromatic nitrogens is 2. The van der Waals surface area contributed by atoms with Gasteiger partial charge in [-0.15, -0.1) is 0 Å². The number of sulfonamides is 1. The number of fused-ring (bicyclic) bond motifs is 1. The molecule has 3 aromatic carbocycles. The second-order valence-electron chi connectivity index (χ2n) is 7.82. The topological polar surface area (TPSA) is 84.3 Å². The summed E-state index contributed by atoms with van der Waals surface area (Å²) in [5.74, 6) is -0.0425. The van der Waals surface area contributed by atoms with E-state index in [4.69, 9.17) is 0 Å². The number of rotatable bonds is 5. The van der Waals surface area contributed by atoms with Crippen LogP contribution in [0.2, 0.25) is 0 Å². The lowest BCUT2D eigenvalue weighted by atomic mass is 10.0. The summed E-state index contributed by atoms with van der Waals surface area (Å²) in [6.07, 6.45) is 2.42. The predicted molar refractivity (Wildman–Crippen MR) is 126 cm³/mol. The van der Waals surface area contributed by atoms with E-state index in [1.54, 1.807) is 29.1 Å². The Morgan fingerprint density at radius 1 is 0.879 bits per heavy atom. The van der Waals surface area contributed by atoms with Gasteiger partial charge in [-0.25, -0.2) is 13.1 Å². The van der Waals surface area contributed by atoms with Gasteiger partial charge in [0.1, 0.15) is 0 Å². The van der Waals surface area contributed by atoms with E-state index in [0.717, 1.165) is 11.3 Å². The van der Waals surface area contributed by atoms with Gasteiger partial charge in [-0.05, 0) is 47.9 Å². The molecule has 166 valence electrons. The van der Waals surface area contributed by atoms with E-state index in [9.17, 15) is 13.2 Å². The molecule has 1 aliphatic heterocycles. The van der Waals surface area contributed by atoms with Crippen molar-refractivity contribution >= 4 is 21.7 Å². The van der Waals surface area contributed by atoms with Crippen LogP contribution in [-0.4, -0.2) is 35.0 Å². The fourth-order valence-electron chi connectivity index (χ4n) is 3.93. The first-order valence-electron chi connectivity index (χ1n) is 10.6. The van der Waals surface area contributed by atoms with Crippen LogP contribution in [0.5, 0.6) is 0 Å². The zero-order chi connectivity index (χ0) is 22.8. The van der Waals surface area contributed by atoms with Crippen LogP contribution in [0.15, 0.2) is 96.0 Å². The van der Waals surface area contributed by atoms with Gasteiger partial charge in [0.2, 0.25) is 10.0 Å². The van der Waals surface area contributed by atoms with Crippen molar-refractivity contribution in [1.29, 1.82) is 0 Å². The van der Waals surface area contributed by atoms with Crippen LogP contribution in [0.25, 0.3) is 5.69 Å². The number of anilines is 1. The van der Waals surface area contributed by atoms with Gasteiger partial charge in [-0.3, -0.25) is 4.79 Å². The van der Waals surface area contributed by atoms with Crippen molar-refractivity contribution in [2.45, 2.75) is 17.9 Å². The third kappa shape index (κ3) is 4.30. The Balaban J connectivity index is 1.34. The van der Waals surface area contributed by atoms with Crippen molar-refractivity contribution in [3.8, 4) is 5.69 Å². The first kappa shape index (κ1) is 21.1. The number of nitrogens with one attached hydrogen (secondary N) is 1. The molecule has 0 saturated heterocycles. The summed E-state index contributed by atoms with van der Waals surface area (Å²) < 4.78 is 29.7. The lowest BCUT2D eigenvalue weighted by Gasteiger charge is -2.28. The maximum atomic E-state index is 13.3.